The molecule has 0 fully saturated rings. The summed E-state index contributed by atoms with van der Waals surface area (Å²) < 4.78 is 0. The molecule has 0 aromatic heterocycles. The van der Waals surface area contributed by atoms with Gasteiger partial charge in [0.25, 0.3) is 5.91 Å². The van der Waals surface area contributed by atoms with E-state index in [1.807, 2.05) is 18.2 Å². The maximum Gasteiger partial charge on any atom is 0.255 e. The number of benzene rings is 2. The molecule has 1 N–H and O–H groups in total. The van der Waals surface area contributed by atoms with Crippen LogP contribution in [0.5, 0.6) is 0 Å². The lowest BCUT2D eigenvalue weighted by atomic mass is 10.1. The Morgan fingerprint density at radius 2 is 2.09 bits per heavy atom. The molecule has 5 nitrogen and oxygen atoms in total. The first-order valence-electron chi connectivity index (χ1n) is 6.79. The van der Waals surface area contributed by atoms with Crippen LogP contribution in [-0.2, 0) is 11.2 Å². The molecule has 0 saturated heterocycles. The molecule has 0 saturated carbocycles. The molecule has 5 heteroatoms. The van der Waals surface area contributed by atoms with E-state index in [-0.39, 0.29) is 11.8 Å². The first kappa shape index (κ1) is 13.8. The molecule has 0 bridgehead atoms. The van der Waals surface area contributed by atoms with Crippen LogP contribution in [0.15, 0.2) is 42.5 Å². The minimum absolute atomic E-state index is 0.0418. The summed E-state index contributed by atoms with van der Waals surface area (Å²) in [5, 5.41) is 11.7. The van der Waals surface area contributed by atoms with Gasteiger partial charge in [0.1, 0.15) is 0 Å². The normalized spacial score (nSPS) is 12.7. The summed E-state index contributed by atoms with van der Waals surface area (Å²) in [4.78, 5) is 25.5. The Bertz CT molecular complexity index is 821. The SMILES string of the molecule is CN1C(=O)Cc2cc(NC(=O)c3cccc(C#N)c3)ccc21. The Labute approximate surface area is 127 Å². The van der Waals surface area contributed by atoms with Gasteiger partial charge in [-0.25, -0.2) is 0 Å². The van der Waals surface area contributed by atoms with Gasteiger partial charge in [0, 0.05) is 24.0 Å². The highest BCUT2D eigenvalue weighted by atomic mass is 16.2. The van der Waals surface area contributed by atoms with Crippen molar-refractivity contribution in [2.24, 2.45) is 0 Å². The van der Waals surface area contributed by atoms with Crippen molar-refractivity contribution in [3.63, 3.8) is 0 Å². The summed E-state index contributed by atoms with van der Waals surface area (Å²) in [6, 6.07) is 13.9. The summed E-state index contributed by atoms with van der Waals surface area (Å²) >= 11 is 0. The lowest BCUT2D eigenvalue weighted by Crippen LogP contribution is -2.20. The van der Waals surface area contributed by atoms with E-state index >= 15 is 0 Å². The molecule has 2 amide bonds. The molecule has 1 aliphatic rings. The van der Waals surface area contributed by atoms with E-state index in [1.165, 1.54) is 0 Å². The second kappa shape index (κ2) is 5.34. The number of rotatable bonds is 2. The molecular weight excluding hydrogens is 278 g/mol. The smallest absolute Gasteiger partial charge is 0.255 e. The van der Waals surface area contributed by atoms with Crippen molar-refractivity contribution in [2.75, 3.05) is 17.3 Å². The van der Waals surface area contributed by atoms with Crippen LogP contribution in [0, 0.1) is 11.3 Å². The standard InChI is InChI=1S/C17H13N3O2/c1-20-15-6-5-14(8-13(15)9-16(20)21)19-17(22)12-4-2-3-11(7-12)10-18/h2-8H,9H2,1H3,(H,19,22). The third-order valence-corrected chi connectivity index (χ3v) is 3.67. The second-order valence-corrected chi connectivity index (χ2v) is 5.12. The van der Waals surface area contributed by atoms with Crippen molar-refractivity contribution >= 4 is 23.2 Å². The Morgan fingerprint density at radius 1 is 1.27 bits per heavy atom. The fourth-order valence-electron chi connectivity index (χ4n) is 2.48. The minimum Gasteiger partial charge on any atom is -0.322 e. The zero-order chi connectivity index (χ0) is 15.7. The highest BCUT2D eigenvalue weighted by molar-refractivity contribution is 6.06. The number of nitrogens with one attached hydrogen (secondary N) is 1. The van der Waals surface area contributed by atoms with E-state index in [4.69, 9.17) is 5.26 Å². The number of hydrogen-bond donors (Lipinski definition) is 1. The van der Waals surface area contributed by atoms with E-state index in [9.17, 15) is 9.59 Å². The van der Waals surface area contributed by atoms with Crippen LogP contribution >= 0.6 is 0 Å². The van der Waals surface area contributed by atoms with Crippen LogP contribution in [0.2, 0.25) is 0 Å². The number of likely N-dealkylation sites (N-methyl/N-ethyl adjacent to an activating group) is 1. The van der Waals surface area contributed by atoms with Crippen LogP contribution in [0.25, 0.3) is 0 Å². The van der Waals surface area contributed by atoms with Gasteiger partial charge < -0.3 is 10.2 Å². The lowest BCUT2D eigenvalue weighted by Gasteiger charge is -2.11. The Kier molecular flexibility index (Phi) is 3.36. The topological polar surface area (TPSA) is 73.2 Å². The van der Waals surface area contributed by atoms with E-state index < -0.39 is 0 Å². The molecule has 0 aliphatic carbocycles. The molecule has 2 aromatic carbocycles. The monoisotopic (exact) mass is 291 g/mol. The van der Waals surface area contributed by atoms with Crippen molar-refractivity contribution in [2.45, 2.75) is 6.42 Å². The van der Waals surface area contributed by atoms with Crippen molar-refractivity contribution < 1.29 is 9.59 Å². The number of fused-ring (bicyclic) bond motifs is 1. The highest BCUT2D eigenvalue weighted by Crippen LogP contribution is 2.30. The lowest BCUT2D eigenvalue weighted by molar-refractivity contribution is -0.117. The molecule has 0 spiro atoms. The van der Waals surface area contributed by atoms with Gasteiger partial charge in [-0.3, -0.25) is 9.59 Å². The number of carbonyl (C=O) groups is 2. The molecule has 1 heterocycles. The van der Waals surface area contributed by atoms with Gasteiger partial charge >= 0.3 is 0 Å². The molecule has 22 heavy (non-hydrogen) atoms. The molecular formula is C17H13N3O2. The van der Waals surface area contributed by atoms with Gasteiger partial charge in [0.05, 0.1) is 18.1 Å². The number of nitrogens with zero attached hydrogens (tertiary/aromatic N) is 2. The third kappa shape index (κ3) is 2.42. The Morgan fingerprint density at radius 3 is 2.86 bits per heavy atom. The quantitative estimate of drug-likeness (QED) is 0.923. The number of amides is 2. The molecule has 1 aliphatic heterocycles. The number of anilines is 2. The first-order valence-corrected chi connectivity index (χ1v) is 6.79. The van der Waals surface area contributed by atoms with Crippen LogP contribution < -0.4 is 10.2 Å². The van der Waals surface area contributed by atoms with Gasteiger partial charge in [-0.1, -0.05) is 6.07 Å². The molecule has 3 rings (SSSR count). The predicted molar refractivity (Wildman–Crippen MR) is 82.7 cm³/mol. The van der Waals surface area contributed by atoms with E-state index in [2.05, 4.69) is 5.32 Å². The number of hydrogen-bond acceptors (Lipinski definition) is 3. The summed E-state index contributed by atoms with van der Waals surface area (Å²) in [5.41, 5.74) is 3.27. The Hall–Kier alpha value is -3.13. The van der Waals surface area contributed by atoms with Crippen molar-refractivity contribution in [1.82, 2.24) is 0 Å². The van der Waals surface area contributed by atoms with Gasteiger partial charge in [0.2, 0.25) is 5.91 Å². The summed E-state index contributed by atoms with van der Waals surface area (Å²) in [5.74, 6) is -0.241. The molecule has 0 unspecified atom stereocenters. The predicted octanol–water partition coefficient (Wildman–Crippen LogP) is 2.33. The molecule has 108 valence electrons. The van der Waals surface area contributed by atoms with Crippen molar-refractivity contribution in [1.29, 1.82) is 5.26 Å². The summed E-state index contributed by atoms with van der Waals surface area (Å²) in [6.07, 6.45) is 0.347. The zero-order valence-electron chi connectivity index (χ0n) is 12.0. The van der Waals surface area contributed by atoms with E-state index in [1.54, 1.807) is 42.3 Å². The third-order valence-electron chi connectivity index (χ3n) is 3.67. The maximum absolute atomic E-state index is 12.2. The second-order valence-electron chi connectivity index (χ2n) is 5.12. The van der Waals surface area contributed by atoms with Crippen LogP contribution in [0.4, 0.5) is 11.4 Å². The largest absolute Gasteiger partial charge is 0.322 e. The average Bonchev–Trinajstić information content (AvgIpc) is 2.81. The molecule has 2 aromatic rings. The highest BCUT2D eigenvalue weighted by Gasteiger charge is 2.24. The van der Waals surface area contributed by atoms with Crippen molar-refractivity contribution in [3.8, 4) is 6.07 Å². The van der Waals surface area contributed by atoms with Crippen LogP contribution in [0.3, 0.4) is 0 Å². The van der Waals surface area contributed by atoms with E-state index in [0.717, 1.165) is 11.3 Å². The van der Waals surface area contributed by atoms with Gasteiger partial charge in [-0.2, -0.15) is 5.26 Å². The summed E-state index contributed by atoms with van der Waals surface area (Å²) in [6.45, 7) is 0. The van der Waals surface area contributed by atoms with Gasteiger partial charge in [-0.15, -0.1) is 0 Å². The minimum atomic E-state index is -0.283. The fraction of sp³-hybridized carbons (Fsp3) is 0.118. The average molecular weight is 291 g/mol. The number of carbonyl (C=O) groups excluding carboxylic acids is 2. The van der Waals surface area contributed by atoms with E-state index in [0.29, 0.717) is 23.2 Å². The van der Waals surface area contributed by atoms with Gasteiger partial charge in [0.15, 0.2) is 0 Å². The number of nitriles is 1. The maximum atomic E-state index is 12.2. The Balaban J connectivity index is 1.82. The fourth-order valence-corrected chi connectivity index (χ4v) is 2.48. The van der Waals surface area contributed by atoms with Crippen molar-refractivity contribution in [3.05, 3.63) is 59.2 Å². The summed E-state index contributed by atoms with van der Waals surface area (Å²) in [7, 11) is 1.74. The zero-order valence-corrected chi connectivity index (χ0v) is 12.0. The van der Waals surface area contributed by atoms with Crippen LogP contribution in [-0.4, -0.2) is 18.9 Å². The van der Waals surface area contributed by atoms with Gasteiger partial charge in [-0.05, 0) is 42.0 Å². The first-order chi connectivity index (χ1) is 10.6. The van der Waals surface area contributed by atoms with Crippen LogP contribution in [0.1, 0.15) is 21.5 Å². The molecule has 0 radical (unpaired) electrons. The molecule has 0 atom stereocenters.